The standard InChI is InChI=1S/C12H12F4O8S/c13-11(12(14,15)16,25(20,21)22)10(19)23-2-5-3-1-4-6(7(3)17)9(18)24-8(4)5/h3-8,17H,1-2H2,(H,20,21,22). The van der Waals surface area contributed by atoms with Crippen LogP contribution in [0.4, 0.5) is 17.6 Å². The van der Waals surface area contributed by atoms with Gasteiger partial charge in [-0.25, -0.2) is 9.18 Å². The highest BCUT2D eigenvalue weighted by molar-refractivity contribution is 7.88. The second-order valence-corrected chi connectivity index (χ2v) is 7.82. The van der Waals surface area contributed by atoms with Crippen LogP contribution in [0.1, 0.15) is 6.42 Å². The fraction of sp³-hybridized carbons (Fsp3) is 0.833. The van der Waals surface area contributed by atoms with Gasteiger partial charge in [-0.3, -0.25) is 9.35 Å². The first-order valence-electron chi connectivity index (χ1n) is 7.09. The molecule has 7 atom stereocenters. The zero-order valence-corrected chi connectivity index (χ0v) is 13.0. The van der Waals surface area contributed by atoms with Crippen LogP contribution in [0, 0.1) is 23.7 Å². The number of alkyl halides is 4. The minimum Gasteiger partial charge on any atom is -0.462 e. The van der Waals surface area contributed by atoms with E-state index < -0.39 is 75.7 Å². The molecule has 2 aliphatic carbocycles. The third-order valence-corrected chi connectivity index (χ3v) is 6.23. The Labute approximate surface area is 137 Å². The number of hydrogen-bond acceptors (Lipinski definition) is 7. The van der Waals surface area contributed by atoms with Crippen LogP contribution in [0.2, 0.25) is 0 Å². The van der Waals surface area contributed by atoms with E-state index in [4.69, 9.17) is 9.29 Å². The number of aliphatic hydroxyl groups is 1. The number of ether oxygens (including phenoxy) is 2. The predicted octanol–water partition coefficient (Wildman–Crippen LogP) is -0.186. The summed E-state index contributed by atoms with van der Waals surface area (Å²) in [5, 5.41) is 4.37. The maximum atomic E-state index is 13.8. The van der Waals surface area contributed by atoms with E-state index in [0.29, 0.717) is 6.42 Å². The van der Waals surface area contributed by atoms with Crippen LogP contribution in [-0.4, -0.2) is 60.0 Å². The first-order chi connectivity index (χ1) is 11.3. The highest BCUT2D eigenvalue weighted by atomic mass is 32.2. The molecule has 0 amide bonds. The van der Waals surface area contributed by atoms with Crippen molar-refractivity contribution in [1.29, 1.82) is 0 Å². The third kappa shape index (κ3) is 2.35. The number of aliphatic hydroxyl groups excluding tert-OH is 1. The summed E-state index contributed by atoms with van der Waals surface area (Å²) in [5.41, 5.74) is 0. The van der Waals surface area contributed by atoms with E-state index in [2.05, 4.69) is 4.74 Å². The zero-order chi connectivity index (χ0) is 18.9. The van der Waals surface area contributed by atoms with Gasteiger partial charge in [-0.2, -0.15) is 21.6 Å². The lowest BCUT2D eigenvalue weighted by Gasteiger charge is -2.29. The molecule has 1 heterocycles. The maximum absolute atomic E-state index is 13.8. The van der Waals surface area contributed by atoms with Gasteiger partial charge in [-0.1, -0.05) is 0 Å². The lowest BCUT2D eigenvalue weighted by atomic mass is 9.80. The Morgan fingerprint density at radius 2 is 1.88 bits per heavy atom. The quantitative estimate of drug-likeness (QED) is 0.383. The third-order valence-electron chi connectivity index (χ3n) is 5.12. The molecule has 2 saturated carbocycles. The number of carbonyl (C=O) groups excluding carboxylic acids is 2. The van der Waals surface area contributed by atoms with Crippen LogP contribution in [0.3, 0.4) is 0 Å². The second-order valence-electron chi connectivity index (χ2n) is 6.31. The van der Waals surface area contributed by atoms with Gasteiger partial charge in [0.1, 0.15) is 6.10 Å². The number of hydrogen-bond donors (Lipinski definition) is 2. The van der Waals surface area contributed by atoms with Gasteiger partial charge in [0.2, 0.25) is 0 Å². The normalized spacial score (nSPS) is 39.2. The van der Waals surface area contributed by atoms with E-state index >= 15 is 0 Å². The van der Waals surface area contributed by atoms with Crippen molar-refractivity contribution >= 4 is 22.1 Å². The Morgan fingerprint density at radius 1 is 1.28 bits per heavy atom. The van der Waals surface area contributed by atoms with E-state index in [1.54, 1.807) is 0 Å². The van der Waals surface area contributed by atoms with Crippen molar-refractivity contribution in [3.05, 3.63) is 0 Å². The minimum atomic E-state index is -6.51. The fourth-order valence-corrected chi connectivity index (χ4v) is 4.56. The molecular weight excluding hydrogens is 380 g/mol. The molecule has 13 heteroatoms. The summed E-state index contributed by atoms with van der Waals surface area (Å²) in [5.74, 6) is -6.19. The molecule has 2 N–H and O–H groups in total. The summed E-state index contributed by atoms with van der Waals surface area (Å²) >= 11 is 0. The SMILES string of the molecule is O=C1OC2C(COC(=O)C(F)(C(F)(F)F)S(=O)(=O)O)C3CC2C1C3O. The van der Waals surface area contributed by atoms with Crippen LogP contribution >= 0.6 is 0 Å². The summed E-state index contributed by atoms with van der Waals surface area (Å²) in [6.45, 7) is -0.904. The summed E-state index contributed by atoms with van der Waals surface area (Å²) in [7, 11) is -6.51. The van der Waals surface area contributed by atoms with Gasteiger partial charge >= 0.3 is 33.2 Å². The predicted molar refractivity (Wildman–Crippen MR) is 66.9 cm³/mol. The van der Waals surface area contributed by atoms with Crippen LogP contribution in [0.25, 0.3) is 0 Å². The van der Waals surface area contributed by atoms with Gasteiger partial charge < -0.3 is 14.6 Å². The molecule has 3 rings (SSSR count). The van der Waals surface area contributed by atoms with E-state index in [0.717, 1.165) is 0 Å². The highest BCUT2D eigenvalue weighted by Crippen LogP contribution is 2.57. The van der Waals surface area contributed by atoms with Crippen LogP contribution in [0.15, 0.2) is 0 Å². The largest absolute Gasteiger partial charge is 0.462 e. The molecule has 7 unspecified atom stereocenters. The number of fused-ring (bicyclic) bond motifs is 1. The molecule has 0 radical (unpaired) electrons. The summed E-state index contributed by atoms with van der Waals surface area (Å²) in [6.07, 6.45) is -7.91. The molecule has 0 aromatic heterocycles. The number of halogens is 4. The zero-order valence-electron chi connectivity index (χ0n) is 12.1. The number of carbonyl (C=O) groups is 2. The average molecular weight is 392 g/mol. The smallest absolute Gasteiger partial charge is 0.451 e. The van der Waals surface area contributed by atoms with Crippen molar-refractivity contribution in [2.24, 2.45) is 23.7 Å². The Bertz CT molecular complexity index is 721. The minimum absolute atomic E-state index is 0.308. The van der Waals surface area contributed by atoms with Crippen molar-refractivity contribution in [3.8, 4) is 0 Å². The molecule has 1 aliphatic heterocycles. The molecule has 142 valence electrons. The average Bonchev–Trinajstić information content (AvgIpc) is 3.04. The van der Waals surface area contributed by atoms with Gasteiger partial charge in [0, 0.05) is 11.8 Å². The Morgan fingerprint density at radius 3 is 2.40 bits per heavy atom. The molecule has 0 spiro atoms. The van der Waals surface area contributed by atoms with Gasteiger partial charge in [-0.15, -0.1) is 0 Å². The highest BCUT2D eigenvalue weighted by Gasteiger charge is 2.73. The Hall–Kier alpha value is -1.47. The van der Waals surface area contributed by atoms with E-state index in [1.807, 2.05) is 0 Å². The Kier molecular flexibility index (Phi) is 3.86. The van der Waals surface area contributed by atoms with Crippen molar-refractivity contribution < 1.29 is 54.7 Å². The number of esters is 2. The molecule has 0 aromatic carbocycles. The molecular formula is C12H12F4O8S. The lowest BCUT2D eigenvalue weighted by Crippen LogP contribution is -2.55. The fourth-order valence-electron chi connectivity index (χ4n) is 4.00. The van der Waals surface area contributed by atoms with Crippen molar-refractivity contribution in [2.45, 2.75) is 29.8 Å². The molecule has 3 aliphatic rings. The molecule has 25 heavy (non-hydrogen) atoms. The molecule has 1 saturated heterocycles. The van der Waals surface area contributed by atoms with Gasteiger partial charge in [0.05, 0.1) is 18.6 Å². The first-order valence-corrected chi connectivity index (χ1v) is 8.53. The lowest BCUT2D eigenvalue weighted by molar-refractivity contribution is -0.216. The maximum Gasteiger partial charge on any atom is 0.451 e. The van der Waals surface area contributed by atoms with E-state index in [9.17, 15) is 40.7 Å². The summed E-state index contributed by atoms with van der Waals surface area (Å²) in [4.78, 5) is 23.0. The van der Waals surface area contributed by atoms with Gasteiger partial charge in [0.25, 0.3) is 0 Å². The van der Waals surface area contributed by atoms with Crippen molar-refractivity contribution in [3.63, 3.8) is 0 Å². The van der Waals surface area contributed by atoms with Crippen LogP contribution in [0.5, 0.6) is 0 Å². The van der Waals surface area contributed by atoms with Crippen molar-refractivity contribution in [2.75, 3.05) is 6.61 Å². The summed E-state index contributed by atoms with van der Waals surface area (Å²) < 4.78 is 90.9. The van der Waals surface area contributed by atoms with Crippen molar-refractivity contribution in [1.82, 2.24) is 0 Å². The topological polar surface area (TPSA) is 127 Å². The van der Waals surface area contributed by atoms with E-state index in [-0.39, 0.29) is 0 Å². The monoisotopic (exact) mass is 392 g/mol. The van der Waals surface area contributed by atoms with E-state index in [1.165, 1.54) is 0 Å². The van der Waals surface area contributed by atoms with Crippen LogP contribution < -0.4 is 0 Å². The number of rotatable bonds is 4. The molecule has 3 fully saturated rings. The van der Waals surface area contributed by atoms with Gasteiger partial charge in [0.15, 0.2) is 0 Å². The molecule has 0 aromatic rings. The molecule has 8 nitrogen and oxygen atoms in total. The first kappa shape index (κ1) is 18.3. The second kappa shape index (κ2) is 5.27. The molecule has 2 bridgehead atoms. The Balaban J connectivity index is 1.76. The van der Waals surface area contributed by atoms with Crippen LogP contribution in [-0.2, 0) is 29.2 Å². The summed E-state index contributed by atoms with van der Waals surface area (Å²) in [6, 6.07) is 0. The van der Waals surface area contributed by atoms with Gasteiger partial charge in [-0.05, 0) is 12.3 Å².